The molecular formula is C23H31N3O4S. The lowest BCUT2D eigenvalue weighted by Crippen LogP contribution is -2.43. The lowest BCUT2D eigenvalue weighted by atomic mass is 10.1. The molecule has 2 aromatic carbocycles. The molecule has 2 aromatic rings. The molecule has 7 nitrogen and oxygen atoms in total. The molecule has 2 N–H and O–H groups in total. The zero-order valence-electron chi connectivity index (χ0n) is 18.3. The number of aryl methyl sites for hydroxylation is 1. The summed E-state index contributed by atoms with van der Waals surface area (Å²) >= 11 is 0. The fraction of sp³-hybridized carbons (Fsp3) is 0.435. The average Bonchev–Trinajstić information content (AvgIpc) is 2.74. The molecule has 1 saturated heterocycles. The van der Waals surface area contributed by atoms with Gasteiger partial charge in [0, 0.05) is 23.8 Å². The number of sulfonamides is 1. The summed E-state index contributed by atoms with van der Waals surface area (Å²) < 4.78 is 33.6. The molecular weight excluding hydrogens is 414 g/mol. The quantitative estimate of drug-likeness (QED) is 0.650. The monoisotopic (exact) mass is 445 g/mol. The van der Waals surface area contributed by atoms with Gasteiger partial charge in [-0.1, -0.05) is 12.5 Å². The zero-order chi connectivity index (χ0) is 22.4. The Labute approximate surface area is 184 Å². The third-order valence-electron chi connectivity index (χ3n) is 5.44. The minimum atomic E-state index is -3.85. The molecule has 1 aliphatic heterocycles. The van der Waals surface area contributed by atoms with Gasteiger partial charge in [0.1, 0.15) is 5.75 Å². The highest BCUT2D eigenvalue weighted by Crippen LogP contribution is 2.22. The van der Waals surface area contributed by atoms with Crippen molar-refractivity contribution < 1.29 is 17.9 Å². The van der Waals surface area contributed by atoms with Crippen LogP contribution in [0.4, 0.5) is 5.69 Å². The van der Waals surface area contributed by atoms with Gasteiger partial charge in [0.2, 0.25) is 0 Å². The van der Waals surface area contributed by atoms with Crippen molar-refractivity contribution in [2.24, 2.45) is 0 Å². The second-order valence-corrected chi connectivity index (χ2v) is 9.70. The summed E-state index contributed by atoms with van der Waals surface area (Å²) in [6, 6.07) is 11.3. The summed E-state index contributed by atoms with van der Waals surface area (Å²) in [5.41, 5.74) is 1.32. The van der Waals surface area contributed by atoms with Gasteiger partial charge in [-0.3, -0.25) is 9.52 Å². The predicted molar refractivity (Wildman–Crippen MR) is 122 cm³/mol. The molecule has 0 bridgehead atoms. The molecule has 0 spiro atoms. The van der Waals surface area contributed by atoms with Gasteiger partial charge >= 0.3 is 0 Å². The number of nitrogens with one attached hydrogen (secondary N) is 2. The standard InChI is InChI=1S/C23H31N3O4S/c1-17-7-8-19(23(27)24-18(2)16-26-13-5-4-6-14-26)15-22(17)31(28,29)25-20-9-11-21(30-3)12-10-20/h7-12,15,18,25H,4-6,13-14,16H2,1-3H3,(H,24,27). The molecule has 1 atom stereocenters. The first kappa shape index (κ1) is 23.1. The maximum atomic E-state index is 13.0. The molecule has 0 radical (unpaired) electrons. The zero-order valence-corrected chi connectivity index (χ0v) is 19.2. The smallest absolute Gasteiger partial charge is 0.262 e. The number of methoxy groups -OCH3 is 1. The van der Waals surface area contributed by atoms with Crippen LogP contribution in [-0.4, -0.2) is 52.0 Å². The Hall–Kier alpha value is -2.58. The molecule has 1 amide bonds. The summed E-state index contributed by atoms with van der Waals surface area (Å²) in [5.74, 6) is 0.363. The number of benzene rings is 2. The van der Waals surface area contributed by atoms with Gasteiger partial charge in [0.05, 0.1) is 12.0 Å². The van der Waals surface area contributed by atoms with Gasteiger partial charge in [0.25, 0.3) is 15.9 Å². The minimum Gasteiger partial charge on any atom is -0.497 e. The maximum absolute atomic E-state index is 13.0. The summed E-state index contributed by atoms with van der Waals surface area (Å²) in [6.45, 7) is 6.60. The molecule has 1 aliphatic rings. The van der Waals surface area contributed by atoms with E-state index in [1.54, 1.807) is 50.4 Å². The molecule has 31 heavy (non-hydrogen) atoms. The molecule has 8 heteroatoms. The minimum absolute atomic E-state index is 0.0237. The van der Waals surface area contributed by atoms with Gasteiger partial charge in [-0.15, -0.1) is 0 Å². The van der Waals surface area contributed by atoms with Gasteiger partial charge in [0.15, 0.2) is 0 Å². The molecule has 0 aromatic heterocycles. The van der Waals surface area contributed by atoms with Gasteiger partial charge in [-0.2, -0.15) is 0 Å². The fourth-order valence-corrected chi connectivity index (χ4v) is 5.11. The first-order valence-corrected chi connectivity index (χ1v) is 12.1. The van der Waals surface area contributed by atoms with Crippen molar-refractivity contribution in [2.45, 2.75) is 44.0 Å². The molecule has 0 saturated carbocycles. The van der Waals surface area contributed by atoms with Crippen molar-refractivity contribution >= 4 is 21.6 Å². The number of carbonyl (C=O) groups excluding carboxylic acids is 1. The van der Waals surface area contributed by atoms with E-state index in [4.69, 9.17) is 4.74 Å². The van der Waals surface area contributed by atoms with Gasteiger partial charge in [-0.25, -0.2) is 8.42 Å². The van der Waals surface area contributed by atoms with Crippen LogP contribution in [0.2, 0.25) is 0 Å². The predicted octanol–water partition coefficient (Wildman–Crippen LogP) is 3.41. The Kier molecular flexibility index (Phi) is 7.56. The number of anilines is 1. The molecule has 1 heterocycles. The van der Waals surface area contributed by atoms with Gasteiger partial charge in [-0.05, 0) is 81.7 Å². The first-order chi connectivity index (χ1) is 14.8. The lowest BCUT2D eigenvalue weighted by molar-refractivity contribution is 0.0925. The third-order valence-corrected chi connectivity index (χ3v) is 6.96. The van der Waals surface area contributed by atoms with E-state index in [0.717, 1.165) is 19.6 Å². The highest BCUT2D eigenvalue weighted by Gasteiger charge is 2.21. The molecule has 0 aliphatic carbocycles. The van der Waals surface area contributed by atoms with E-state index in [2.05, 4.69) is 14.9 Å². The fourth-order valence-electron chi connectivity index (χ4n) is 3.78. The van der Waals surface area contributed by atoms with Crippen molar-refractivity contribution in [3.05, 3.63) is 53.6 Å². The van der Waals surface area contributed by atoms with Crippen molar-refractivity contribution in [3.63, 3.8) is 0 Å². The Morgan fingerprint density at radius 3 is 2.42 bits per heavy atom. The van der Waals surface area contributed by atoms with Crippen molar-refractivity contribution in [2.75, 3.05) is 31.5 Å². The molecule has 1 fully saturated rings. The molecule has 1 unspecified atom stereocenters. The van der Waals surface area contributed by atoms with E-state index in [9.17, 15) is 13.2 Å². The lowest BCUT2D eigenvalue weighted by Gasteiger charge is -2.29. The van der Waals surface area contributed by atoms with Crippen LogP contribution in [0.15, 0.2) is 47.4 Å². The topological polar surface area (TPSA) is 87.7 Å². The van der Waals surface area contributed by atoms with Crippen LogP contribution in [-0.2, 0) is 10.0 Å². The number of piperidine rings is 1. The van der Waals surface area contributed by atoms with Crippen molar-refractivity contribution in [1.29, 1.82) is 0 Å². The Morgan fingerprint density at radius 2 is 1.77 bits per heavy atom. The summed E-state index contributed by atoms with van der Waals surface area (Å²) in [5, 5.41) is 2.99. The van der Waals surface area contributed by atoms with E-state index in [-0.39, 0.29) is 16.8 Å². The van der Waals surface area contributed by atoms with Gasteiger partial charge < -0.3 is 15.0 Å². The van der Waals surface area contributed by atoms with Crippen LogP contribution in [0.5, 0.6) is 5.75 Å². The SMILES string of the molecule is COc1ccc(NS(=O)(=O)c2cc(C(=O)NC(C)CN3CCCCC3)ccc2C)cc1. The summed E-state index contributed by atoms with van der Waals surface area (Å²) in [6.07, 6.45) is 3.66. The second-order valence-electron chi connectivity index (χ2n) is 8.05. The summed E-state index contributed by atoms with van der Waals surface area (Å²) in [7, 11) is -2.30. The van der Waals surface area contributed by atoms with Crippen LogP contribution in [0.25, 0.3) is 0 Å². The van der Waals surface area contributed by atoms with E-state index >= 15 is 0 Å². The van der Waals surface area contributed by atoms with E-state index in [1.165, 1.54) is 25.3 Å². The number of rotatable bonds is 8. The number of carbonyl (C=O) groups is 1. The Balaban J connectivity index is 1.71. The van der Waals surface area contributed by atoms with Crippen LogP contribution >= 0.6 is 0 Å². The first-order valence-electron chi connectivity index (χ1n) is 10.6. The number of hydrogen-bond donors (Lipinski definition) is 2. The van der Waals surface area contributed by atoms with Crippen LogP contribution in [0, 0.1) is 6.92 Å². The third kappa shape index (κ3) is 6.21. The normalized spacial score (nSPS) is 15.8. The number of ether oxygens (including phenoxy) is 1. The van der Waals surface area contributed by atoms with Crippen LogP contribution in [0.3, 0.4) is 0 Å². The van der Waals surface area contributed by atoms with Crippen molar-refractivity contribution in [1.82, 2.24) is 10.2 Å². The molecule has 168 valence electrons. The van der Waals surface area contributed by atoms with Crippen molar-refractivity contribution in [3.8, 4) is 5.75 Å². The summed E-state index contributed by atoms with van der Waals surface area (Å²) in [4.78, 5) is 15.2. The maximum Gasteiger partial charge on any atom is 0.262 e. The van der Waals surface area contributed by atoms with E-state index < -0.39 is 10.0 Å². The average molecular weight is 446 g/mol. The highest BCUT2D eigenvalue weighted by atomic mass is 32.2. The second kappa shape index (κ2) is 10.2. The number of amides is 1. The van der Waals surface area contributed by atoms with E-state index in [0.29, 0.717) is 22.6 Å². The Bertz CT molecular complexity index is 1000. The molecule has 3 rings (SSSR count). The highest BCUT2D eigenvalue weighted by molar-refractivity contribution is 7.92. The van der Waals surface area contributed by atoms with Crippen LogP contribution < -0.4 is 14.8 Å². The number of hydrogen-bond acceptors (Lipinski definition) is 5. The largest absolute Gasteiger partial charge is 0.497 e. The van der Waals surface area contributed by atoms with E-state index in [1.807, 2.05) is 6.92 Å². The van der Waals surface area contributed by atoms with Crippen LogP contribution in [0.1, 0.15) is 42.1 Å². The Morgan fingerprint density at radius 1 is 1.10 bits per heavy atom. The number of likely N-dealkylation sites (tertiary alicyclic amines) is 1. The number of nitrogens with zero attached hydrogens (tertiary/aromatic N) is 1.